The lowest BCUT2D eigenvalue weighted by Gasteiger charge is -2.09. The molecular weight excluding hydrogens is 401 g/mol. The van der Waals surface area contributed by atoms with Crippen LogP contribution in [0.1, 0.15) is 5.56 Å². The van der Waals surface area contributed by atoms with Crippen LogP contribution in [-0.2, 0) is 6.54 Å². The predicted octanol–water partition coefficient (Wildman–Crippen LogP) is 5.10. The molecule has 0 aliphatic rings. The normalized spacial score (nSPS) is 10.5. The van der Waals surface area contributed by atoms with Crippen LogP contribution >= 0.6 is 47.0 Å². The number of hydrogen-bond donors (Lipinski definition) is 2. The molecule has 0 atom stereocenters. The fraction of sp³-hybridized carbons (Fsp3) is 0.0625. The van der Waals surface area contributed by atoms with E-state index in [0.29, 0.717) is 38.4 Å². The molecule has 0 amide bonds. The van der Waals surface area contributed by atoms with Crippen molar-refractivity contribution >= 4 is 63.8 Å². The Kier molecular flexibility index (Phi) is 5.75. The van der Waals surface area contributed by atoms with Crippen molar-refractivity contribution < 1.29 is 0 Å². The Balaban J connectivity index is 1.61. The number of nitrogens with one attached hydrogen (secondary N) is 2. The van der Waals surface area contributed by atoms with Gasteiger partial charge >= 0.3 is 0 Å². The van der Waals surface area contributed by atoms with Gasteiger partial charge in [0.15, 0.2) is 5.11 Å². The molecule has 3 rings (SSSR count). The van der Waals surface area contributed by atoms with Crippen LogP contribution in [0.2, 0.25) is 15.1 Å². The molecule has 3 aromatic rings. The maximum atomic E-state index is 6.10. The third-order valence-electron chi connectivity index (χ3n) is 3.20. The molecule has 9 heteroatoms. The van der Waals surface area contributed by atoms with Crippen molar-refractivity contribution in [1.29, 1.82) is 0 Å². The van der Waals surface area contributed by atoms with Gasteiger partial charge in [-0.3, -0.25) is 5.32 Å². The van der Waals surface area contributed by atoms with Gasteiger partial charge in [0.2, 0.25) is 5.95 Å². The first kappa shape index (κ1) is 17.9. The highest BCUT2D eigenvalue weighted by atomic mass is 35.5. The number of thiocarbonyl (C=S) groups is 1. The van der Waals surface area contributed by atoms with Crippen LogP contribution in [0.5, 0.6) is 0 Å². The summed E-state index contributed by atoms with van der Waals surface area (Å²) in [6, 6.07) is 12.6. The Bertz CT molecular complexity index is 895. The Morgan fingerprint density at radius 2 is 1.72 bits per heavy atom. The Morgan fingerprint density at radius 3 is 2.48 bits per heavy atom. The summed E-state index contributed by atoms with van der Waals surface area (Å²) in [5.74, 6) is 0.379. The molecule has 2 N–H and O–H groups in total. The van der Waals surface area contributed by atoms with E-state index in [4.69, 9.17) is 47.0 Å². The fourth-order valence-corrected chi connectivity index (χ4v) is 2.72. The first-order chi connectivity index (χ1) is 12.0. The lowest BCUT2D eigenvalue weighted by molar-refractivity contribution is 0.687. The average molecular weight is 413 g/mol. The van der Waals surface area contributed by atoms with Crippen LogP contribution in [0.15, 0.2) is 48.8 Å². The van der Waals surface area contributed by atoms with E-state index < -0.39 is 0 Å². The average Bonchev–Trinajstić information content (AvgIpc) is 3.00. The monoisotopic (exact) mass is 411 g/mol. The summed E-state index contributed by atoms with van der Waals surface area (Å²) >= 11 is 23.2. The van der Waals surface area contributed by atoms with Crippen molar-refractivity contribution in [2.75, 3.05) is 10.6 Å². The molecule has 0 unspecified atom stereocenters. The topological polar surface area (TPSA) is 54.8 Å². The first-order valence-corrected chi connectivity index (χ1v) is 8.71. The second kappa shape index (κ2) is 8.01. The van der Waals surface area contributed by atoms with Crippen LogP contribution < -0.4 is 10.6 Å². The van der Waals surface area contributed by atoms with E-state index in [1.54, 1.807) is 29.2 Å². The van der Waals surface area contributed by atoms with Crippen LogP contribution in [0.3, 0.4) is 0 Å². The standard InChI is InChI=1S/C16H12Cl3N5S/c17-11-3-1-10(2-4-11)8-24-9-20-15(23-24)22-16(25)21-14-7-12(18)5-6-13(14)19/h1-7,9H,8H2,(H2,21,22,23,25). The molecule has 0 saturated carbocycles. The molecule has 1 heterocycles. The Hall–Kier alpha value is -1.86. The van der Waals surface area contributed by atoms with Crippen LogP contribution in [0.4, 0.5) is 11.6 Å². The zero-order valence-corrected chi connectivity index (χ0v) is 15.8. The van der Waals surface area contributed by atoms with Gasteiger partial charge < -0.3 is 5.32 Å². The van der Waals surface area contributed by atoms with Gasteiger partial charge in [-0.15, -0.1) is 5.10 Å². The van der Waals surface area contributed by atoms with Crippen LogP contribution in [-0.4, -0.2) is 19.9 Å². The molecule has 2 aromatic carbocycles. The quantitative estimate of drug-likeness (QED) is 0.584. The minimum Gasteiger partial charge on any atom is -0.331 e. The lowest BCUT2D eigenvalue weighted by atomic mass is 10.2. The molecule has 128 valence electrons. The first-order valence-electron chi connectivity index (χ1n) is 7.16. The van der Waals surface area contributed by atoms with Gasteiger partial charge in [-0.25, -0.2) is 9.67 Å². The molecule has 0 aliphatic heterocycles. The maximum absolute atomic E-state index is 6.10. The molecule has 0 fully saturated rings. The number of hydrogen-bond acceptors (Lipinski definition) is 3. The molecule has 25 heavy (non-hydrogen) atoms. The van der Waals surface area contributed by atoms with Crippen molar-refractivity contribution in [3.05, 3.63) is 69.4 Å². The van der Waals surface area contributed by atoms with Crippen molar-refractivity contribution in [2.45, 2.75) is 6.54 Å². The molecule has 0 radical (unpaired) electrons. The maximum Gasteiger partial charge on any atom is 0.248 e. The molecule has 0 saturated heterocycles. The van der Waals surface area contributed by atoms with Gasteiger partial charge in [-0.1, -0.05) is 46.9 Å². The van der Waals surface area contributed by atoms with E-state index in [1.807, 2.05) is 24.3 Å². The molecule has 5 nitrogen and oxygen atoms in total. The van der Waals surface area contributed by atoms with Gasteiger partial charge in [-0.05, 0) is 48.1 Å². The summed E-state index contributed by atoms with van der Waals surface area (Å²) in [4.78, 5) is 4.18. The van der Waals surface area contributed by atoms with Crippen LogP contribution in [0, 0.1) is 0 Å². The molecule has 0 bridgehead atoms. The van der Waals surface area contributed by atoms with Crippen molar-refractivity contribution in [1.82, 2.24) is 14.8 Å². The zero-order chi connectivity index (χ0) is 17.8. The molecule has 1 aromatic heterocycles. The highest BCUT2D eigenvalue weighted by Gasteiger charge is 2.07. The largest absolute Gasteiger partial charge is 0.331 e. The van der Waals surface area contributed by atoms with Crippen molar-refractivity contribution in [2.24, 2.45) is 0 Å². The number of halogens is 3. The highest BCUT2D eigenvalue weighted by Crippen LogP contribution is 2.25. The second-order valence-electron chi connectivity index (χ2n) is 5.10. The molecular formula is C16H12Cl3N5S. The summed E-state index contributed by atoms with van der Waals surface area (Å²) in [6.45, 7) is 0.576. The SMILES string of the molecule is S=C(Nc1ncn(Cc2ccc(Cl)cc2)n1)Nc1cc(Cl)ccc1Cl. The van der Waals surface area contributed by atoms with Crippen LogP contribution in [0.25, 0.3) is 0 Å². The third kappa shape index (κ3) is 5.06. The van der Waals surface area contributed by atoms with E-state index in [-0.39, 0.29) is 0 Å². The minimum absolute atomic E-state index is 0.313. The number of anilines is 2. The van der Waals surface area contributed by atoms with Crippen molar-refractivity contribution in [3.63, 3.8) is 0 Å². The highest BCUT2D eigenvalue weighted by molar-refractivity contribution is 7.80. The number of nitrogens with zero attached hydrogens (tertiary/aromatic N) is 3. The molecule has 0 spiro atoms. The third-order valence-corrected chi connectivity index (χ3v) is 4.22. The summed E-state index contributed by atoms with van der Waals surface area (Å²) in [5, 5.41) is 12.3. The van der Waals surface area contributed by atoms with Gasteiger partial charge in [-0.2, -0.15) is 0 Å². The second-order valence-corrected chi connectivity index (χ2v) is 6.78. The van der Waals surface area contributed by atoms with E-state index in [0.717, 1.165) is 5.56 Å². The van der Waals surface area contributed by atoms with Crippen molar-refractivity contribution in [3.8, 4) is 0 Å². The summed E-state index contributed by atoms with van der Waals surface area (Å²) in [6.07, 6.45) is 1.62. The fourth-order valence-electron chi connectivity index (χ4n) is 2.05. The number of rotatable bonds is 4. The zero-order valence-electron chi connectivity index (χ0n) is 12.7. The van der Waals surface area contributed by atoms with Gasteiger partial charge in [0.1, 0.15) is 6.33 Å². The number of aromatic nitrogens is 3. The smallest absolute Gasteiger partial charge is 0.248 e. The van der Waals surface area contributed by atoms with Gasteiger partial charge in [0, 0.05) is 10.0 Å². The summed E-state index contributed by atoms with van der Waals surface area (Å²) in [7, 11) is 0. The van der Waals surface area contributed by atoms with E-state index >= 15 is 0 Å². The van der Waals surface area contributed by atoms with E-state index in [1.165, 1.54) is 0 Å². The van der Waals surface area contributed by atoms with Gasteiger partial charge in [0.25, 0.3) is 0 Å². The predicted molar refractivity (Wildman–Crippen MR) is 107 cm³/mol. The summed E-state index contributed by atoms with van der Waals surface area (Å²) < 4.78 is 1.69. The Labute approximate surface area is 164 Å². The van der Waals surface area contributed by atoms with E-state index in [9.17, 15) is 0 Å². The van der Waals surface area contributed by atoms with Gasteiger partial charge in [0.05, 0.1) is 17.3 Å². The number of benzene rings is 2. The van der Waals surface area contributed by atoms with E-state index in [2.05, 4.69) is 20.7 Å². The molecule has 0 aliphatic carbocycles. The lowest BCUT2D eigenvalue weighted by Crippen LogP contribution is -2.20. The minimum atomic E-state index is 0.313. The Morgan fingerprint density at radius 1 is 1.00 bits per heavy atom. The summed E-state index contributed by atoms with van der Waals surface area (Å²) in [5.41, 5.74) is 1.67.